The van der Waals surface area contributed by atoms with Gasteiger partial charge in [-0.2, -0.15) is 0 Å². The highest BCUT2D eigenvalue weighted by Crippen LogP contribution is 2.14. The van der Waals surface area contributed by atoms with Crippen molar-refractivity contribution in [3.8, 4) is 0 Å². The molecule has 30 heavy (non-hydrogen) atoms. The van der Waals surface area contributed by atoms with Crippen LogP contribution < -0.4 is 0 Å². The van der Waals surface area contributed by atoms with Crippen LogP contribution in [0.4, 0.5) is 0 Å². The number of unbranched alkanes of at least 4 members (excludes halogenated alkanes) is 24. The monoisotopic (exact) mass is 418 g/mol. The second-order valence-corrected chi connectivity index (χ2v) is 9.53. The zero-order valence-corrected chi connectivity index (χ0v) is 21.0. The van der Waals surface area contributed by atoms with Gasteiger partial charge in [0.05, 0.1) is 0 Å². The third-order valence-corrected chi connectivity index (χ3v) is 6.41. The second kappa shape index (κ2) is 28.7. The summed E-state index contributed by atoms with van der Waals surface area (Å²) in [6, 6.07) is 0. The van der Waals surface area contributed by atoms with E-state index in [0.29, 0.717) is 0 Å². The molecular weight excluding hydrogens is 360 g/mol. The van der Waals surface area contributed by atoms with Gasteiger partial charge in [-0.15, -0.1) is 0 Å². The molecule has 0 rings (SSSR count). The maximum Gasteiger partial charge on any atom is -0.0351 e. The van der Waals surface area contributed by atoms with E-state index in [2.05, 4.69) is 26.0 Å². The Hall–Kier alpha value is -0.260. The molecule has 0 fully saturated rings. The lowest BCUT2D eigenvalue weighted by Crippen LogP contribution is -1.84. The summed E-state index contributed by atoms with van der Waals surface area (Å²) in [4.78, 5) is 0. The van der Waals surface area contributed by atoms with E-state index >= 15 is 0 Å². The Kier molecular flexibility index (Phi) is 28.5. The number of hydrogen-bond acceptors (Lipinski definition) is 0. The highest BCUT2D eigenvalue weighted by molar-refractivity contribution is 4.81. The van der Waals surface area contributed by atoms with Gasteiger partial charge in [0.25, 0.3) is 0 Å². The summed E-state index contributed by atoms with van der Waals surface area (Å²) >= 11 is 0. The molecule has 2 radical (unpaired) electrons. The molecule has 0 bridgehead atoms. The second-order valence-electron chi connectivity index (χ2n) is 9.53. The van der Waals surface area contributed by atoms with Crippen molar-refractivity contribution in [2.75, 3.05) is 0 Å². The highest BCUT2D eigenvalue weighted by atomic mass is 14.0. The Morgan fingerprint density at radius 1 is 0.267 bits per heavy atom. The van der Waals surface area contributed by atoms with Crippen molar-refractivity contribution in [2.24, 2.45) is 0 Å². The van der Waals surface area contributed by atoms with Gasteiger partial charge in [-0.25, -0.2) is 0 Å². The van der Waals surface area contributed by atoms with Gasteiger partial charge in [-0.3, -0.25) is 0 Å². The third-order valence-electron chi connectivity index (χ3n) is 6.41. The molecule has 0 aromatic rings. The van der Waals surface area contributed by atoms with E-state index in [0.717, 1.165) is 12.8 Å². The summed E-state index contributed by atoms with van der Waals surface area (Å²) in [5.74, 6) is 0. The van der Waals surface area contributed by atoms with Crippen LogP contribution in [0.25, 0.3) is 0 Å². The Bertz CT molecular complexity index is 303. The molecule has 0 heteroatoms. The number of allylic oxidation sites excluding steroid dienone is 2. The molecule has 0 N–H and O–H groups in total. The quantitative estimate of drug-likeness (QED) is 0.0967. The Labute approximate surface area is 193 Å². The fourth-order valence-electron chi connectivity index (χ4n) is 4.30. The lowest BCUT2D eigenvalue weighted by Gasteiger charge is -2.03. The molecule has 0 aliphatic heterocycles. The number of hydrogen-bond donors (Lipinski definition) is 0. The maximum atomic E-state index is 3.91. The van der Waals surface area contributed by atoms with Gasteiger partial charge < -0.3 is 0 Å². The molecule has 0 spiro atoms. The highest BCUT2D eigenvalue weighted by Gasteiger charge is 1.95. The topological polar surface area (TPSA) is 0 Å². The first-order chi connectivity index (χ1) is 14.9. The molecule has 0 atom stereocenters. The molecule has 0 aliphatic rings. The van der Waals surface area contributed by atoms with Gasteiger partial charge in [0, 0.05) is 0 Å². The zero-order valence-electron chi connectivity index (χ0n) is 21.0. The summed E-state index contributed by atoms with van der Waals surface area (Å²) in [6.07, 6.45) is 41.2. The van der Waals surface area contributed by atoms with E-state index in [1.807, 2.05) is 0 Å². The van der Waals surface area contributed by atoms with Gasteiger partial charge in [0.1, 0.15) is 0 Å². The van der Waals surface area contributed by atoms with Crippen LogP contribution in [0, 0.1) is 13.8 Å². The van der Waals surface area contributed by atoms with Gasteiger partial charge in [0.15, 0.2) is 0 Å². The molecule has 0 aromatic carbocycles. The van der Waals surface area contributed by atoms with Crippen molar-refractivity contribution < 1.29 is 0 Å². The van der Waals surface area contributed by atoms with Gasteiger partial charge in [0.2, 0.25) is 0 Å². The van der Waals surface area contributed by atoms with Crippen molar-refractivity contribution in [3.05, 3.63) is 26.0 Å². The molecule has 178 valence electrons. The Morgan fingerprint density at radius 2 is 0.467 bits per heavy atom. The molecule has 0 nitrogen and oxygen atoms in total. The molecule has 0 saturated carbocycles. The van der Waals surface area contributed by atoms with Crippen molar-refractivity contribution in [1.82, 2.24) is 0 Å². The summed E-state index contributed by atoms with van der Waals surface area (Å²) in [5.41, 5.74) is 0. The first-order valence-electron chi connectivity index (χ1n) is 14.1. The van der Waals surface area contributed by atoms with Crippen LogP contribution in [0.3, 0.4) is 0 Å². The fourth-order valence-corrected chi connectivity index (χ4v) is 4.30. The predicted molar refractivity (Wildman–Crippen MR) is 140 cm³/mol. The van der Waals surface area contributed by atoms with Crippen LogP contribution in [0.2, 0.25) is 0 Å². The van der Waals surface area contributed by atoms with Gasteiger partial charge in [-0.1, -0.05) is 167 Å². The summed E-state index contributed by atoms with van der Waals surface area (Å²) < 4.78 is 0. The van der Waals surface area contributed by atoms with Crippen LogP contribution in [0.1, 0.15) is 167 Å². The molecule has 0 heterocycles. The average Bonchev–Trinajstić information content (AvgIpc) is 2.76. The first-order valence-corrected chi connectivity index (χ1v) is 14.1. The van der Waals surface area contributed by atoms with E-state index in [-0.39, 0.29) is 0 Å². The molecule has 0 aliphatic carbocycles. The lowest BCUT2D eigenvalue weighted by atomic mass is 10.0. The number of rotatable bonds is 26. The van der Waals surface area contributed by atoms with E-state index < -0.39 is 0 Å². The third kappa shape index (κ3) is 27.7. The smallest absolute Gasteiger partial charge is 0.0351 e. The van der Waals surface area contributed by atoms with Crippen LogP contribution in [0.5, 0.6) is 0 Å². The van der Waals surface area contributed by atoms with E-state index in [9.17, 15) is 0 Å². The van der Waals surface area contributed by atoms with Crippen LogP contribution in [0.15, 0.2) is 12.2 Å². The first kappa shape index (κ1) is 29.7. The molecule has 0 saturated heterocycles. The molecular formula is C30H58. The van der Waals surface area contributed by atoms with E-state index in [1.54, 1.807) is 0 Å². The summed E-state index contributed by atoms with van der Waals surface area (Å²) in [5, 5.41) is 0. The van der Waals surface area contributed by atoms with E-state index in [1.165, 1.54) is 154 Å². The minimum absolute atomic E-state index is 1.11. The summed E-state index contributed by atoms with van der Waals surface area (Å²) in [6.45, 7) is 7.82. The largest absolute Gasteiger partial charge is 0.0885 e. The Morgan fingerprint density at radius 3 is 0.700 bits per heavy atom. The van der Waals surface area contributed by atoms with Crippen LogP contribution >= 0.6 is 0 Å². The van der Waals surface area contributed by atoms with Crippen molar-refractivity contribution in [1.29, 1.82) is 0 Å². The van der Waals surface area contributed by atoms with E-state index in [4.69, 9.17) is 0 Å². The summed E-state index contributed by atoms with van der Waals surface area (Å²) in [7, 11) is 0. The van der Waals surface area contributed by atoms with Crippen LogP contribution in [-0.4, -0.2) is 0 Å². The van der Waals surface area contributed by atoms with Crippen LogP contribution in [-0.2, 0) is 0 Å². The molecule has 0 unspecified atom stereocenters. The standard InChI is InChI=1S/C30H58/c1-3-5-7-9-11-13-15-17-19-21-23-25-27-29-30-28-26-24-22-20-18-16-14-12-10-8-6-4-2/h17,19H,1-16,18,20-30H2/b19-17+. The molecule has 0 aromatic heterocycles. The predicted octanol–water partition coefficient (Wildman–Crippen LogP) is 11.4. The fraction of sp³-hybridized carbons (Fsp3) is 0.867. The maximum absolute atomic E-state index is 3.91. The van der Waals surface area contributed by atoms with Gasteiger partial charge >= 0.3 is 0 Å². The minimum atomic E-state index is 1.11. The normalized spacial score (nSPS) is 11.7. The van der Waals surface area contributed by atoms with Crippen molar-refractivity contribution in [2.45, 2.75) is 167 Å². The minimum Gasteiger partial charge on any atom is -0.0885 e. The Balaban J connectivity index is 3.04. The SMILES string of the molecule is [CH2]CCCCCCC/C=C/CCCCCCCCCCCCCCCCCCC[CH2]. The lowest BCUT2D eigenvalue weighted by molar-refractivity contribution is 0.526. The zero-order chi connectivity index (χ0) is 21.8. The van der Waals surface area contributed by atoms with Gasteiger partial charge in [-0.05, 0) is 25.7 Å². The molecule has 0 amide bonds. The van der Waals surface area contributed by atoms with Crippen molar-refractivity contribution in [3.63, 3.8) is 0 Å². The average molecular weight is 419 g/mol. The van der Waals surface area contributed by atoms with Crippen molar-refractivity contribution >= 4 is 0 Å².